The summed E-state index contributed by atoms with van der Waals surface area (Å²) < 4.78 is 0. The van der Waals surface area contributed by atoms with Crippen molar-refractivity contribution < 1.29 is 14.7 Å². The number of hydrogen-bond acceptors (Lipinski definition) is 4. The fraction of sp³-hybridized carbons (Fsp3) is 0.263. The third kappa shape index (κ3) is 2.65. The molecule has 0 aliphatic carbocycles. The molecule has 0 fully saturated rings. The molecule has 2 aromatic rings. The molecule has 124 valence electrons. The van der Waals surface area contributed by atoms with Crippen molar-refractivity contribution in [3.05, 3.63) is 63.6 Å². The summed E-state index contributed by atoms with van der Waals surface area (Å²) in [5, 5.41) is 12.3. The monoisotopic (exact) mass is 341 g/mol. The Hall–Kier alpha value is -2.40. The minimum Gasteiger partial charge on any atom is -0.503 e. The zero-order valence-electron chi connectivity index (χ0n) is 13.8. The van der Waals surface area contributed by atoms with E-state index in [-0.39, 0.29) is 17.3 Å². The molecule has 1 N–H and O–H groups in total. The molecule has 1 aliphatic rings. The third-order valence-electron chi connectivity index (χ3n) is 4.09. The quantitative estimate of drug-likeness (QED) is 0.907. The topological polar surface area (TPSA) is 57.6 Å². The zero-order valence-corrected chi connectivity index (χ0v) is 14.6. The fourth-order valence-electron chi connectivity index (χ4n) is 2.93. The first-order valence-electron chi connectivity index (χ1n) is 7.82. The number of thiophene rings is 1. The second-order valence-corrected chi connectivity index (χ2v) is 7.19. The number of anilines is 1. The van der Waals surface area contributed by atoms with Gasteiger partial charge in [0.2, 0.25) is 0 Å². The van der Waals surface area contributed by atoms with Gasteiger partial charge in [-0.3, -0.25) is 14.5 Å². The van der Waals surface area contributed by atoms with Gasteiger partial charge < -0.3 is 5.11 Å². The van der Waals surface area contributed by atoms with Crippen molar-refractivity contribution in [3.63, 3.8) is 0 Å². The van der Waals surface area contributed by atoms with E-state index in [1.807, 2.05) is 48.7 Å². The van der Waals surface area contributed by atoms with Gasteiger partial charge in [-0.05, 0) is 36.1 Å². The summed E-state index contributed by atoms with van der Waals surface area (Å²) in [7, 11) is 0. The smallest absolute Gasteiger partial charge is 0.294 e. The average Bonchev–Trinajstić information content (AvgIpc) is 3.14. The lowest BCUT2D eigenvalue weighted by molar-refractivity contribution is -0.119. The van der Waals surface area contributed by atoms with E-state index in [2.05, 4.69) is 0 Å². The molecule has 1 atom stereocenters. The Morgan fingerprint density at radius 2 is 2.00 bits per heavy atom. The molecule has 2 heterocycles. The van der Waals surface area contributed by atoms with Gasteiger partial charge in [0.1, 0.15) is 6.04 Å². The van der Waals surface area contributed by atoms with E-state index in [0.717, 1.165) is 10.4 Å². The van der Waals surface area contributed by atoms with Gasteiger partial charge in [0.25, 0.3) is 5.91 Å². The molecular formula is C19H19NO3S. The van der Waals surface area contributed by atoms with Crippen molar-refractivity contribution in [3.8, 4) is 0 Å². The van der Waals surface area contributed by atoms with Gasteiger partial charge in [-0.1, -0.05) is 32.0 Å². The molecule has 24 heavy (non-hydrogen) atoms. The van der Waals surface area contributed by atoms with E-state index in [1.165, 1.54) is 16.2 Å². The zero-order chi connectivity index (χ0) is 17.4. The van der Waals surface area contributed by atoms with Crippen molar-refractivity contribution in [1.29, 1.82) is 0 Å². The van der Waals surface area contributed by atoms with E-state index in [0.29, 0.717) is 5.69 Å². The Morgan fingerprint density at radius 3 is 2.58 bits per heavy atom. The van der Waals surface area contributed by atoms with Crippen LogP contribution in [0.2, 0.25) is 0 Å². The lowest BCUT2D eigenvalue weighted by Crippen LogP contribution is -2.31. The van der Waals surface area contributed by atoms with Crippen LogP contribution in [-0.4, -0.2) is 16.8 Å². The number of amides is 1. The molecule has 0 radical (unpaired) electrons. The maximum atomic E-state index is 12.7. The van der Waals surface area contributed by atoms with Crippen LogP contribution in [0.1, 0.15) is 30.3 Å². The van der Waals surface area contributed by atoms with Gasteiger partial charge in [0.05, 0.1) is 5.57 Å². The highest BCUT2D eigenvalue weighted by atomic mass is 32.1. The first-order chi connectivity index (χ1) is 11.4. The summed E-state index contributed by atoms with van der Waals surface area (Å²) in [4.78, 5) is 27.8. The van der Waals surface area contributed by atoms with Gasteiger partial charge in [-0.15, -0.1) is 11.3 Å². The van der Waals surface area contributed by atoms with Gasteiger partial charge in [-0.2, -0.15) is 0 Å². The fourth-order valence-corrected chi connectivity index (χ4v) is 3.75. The molecule has 1 amide bonds. The molecule has 3 rings (SSSR count). The normalized spacial score (nSPS) is 17.9. The van der Waals surface area contributed by atoms with Crippen LogP contribution in [0.3, 0.4) is 0 Å². The first kappa shape index (κ1) is 16.5. The van der Waals surface area contributed by atoms with Crippen LogP contribution < -0.4 is 4.90 Å². The van der Waals surface area contributed by atoms with Crippen molar-refractivity contribution in [2.45, 2.75) is 26.8 Å². The summed E-state index contributed by atoms with van der Waals surface area (Å²) in [6.45, 7) is 5.49. The van der Waals surface area contributed by atoms with Gasteiger partial charge >= 0.3 is 0 Å². The van der Waals surface area contributed by atoms with Crippen LogP contribution in [0.25, 0.3) is 0 Å². The second-order valence-electron chi connectivity index (χ2n) is 6.21. The summed E-state index contributed by atoms with van der Waals surface area (Å²) in [6.07, 6.45) is 0. The summed E-state index contributed by atoms with van der Waals surface area (Å²) in [6, 6.07) is 10.7. The highest BCUT2D eigenvalue weighted by Crippen LogP contribution is 2.43. The Kier molecular flexibility index (Phi) is 4.28. The van der Waals surface area contributed by atoms with Crippen molar-refractivity contribution in [2.75, 3.05) is 4.90 Å². The van der Waals surface area contributed by atoms with Gasteiger partial charge in [0.15, 0.2) is 11.5 Å². The van der Waals surface area contributed by atoms with Gasteiger partial charge in [-0.25, -0.2) is 0 Å². The molecule has 1 aromatic heterocycles. The molecule has 5 heteroatoms. The predicted octanol–water partition coefficient (Wildman–Crippen LogP) is 4.18. The minimum atomic E-state index is -0.575. The molecule has 0 bridgehead atoms. The van der Waals surface area contributed by atoms with Crippen LogP contribution >= 0.6 is 11.3 Å². The molecule has 0 spiro atoms. The summed E-state index contributed by atoms with van der Waals surface area (Å²) in [5.74, 6) is -1.46. The number of ketones is 1. The van der Waals surface area contributed by atoms with Crippen LogP contribution in [0.15, 0.2) is 53.1 Å². The van der Waals surface area contributed by atoms with Crippen molar-refractivity contribution in [2.24, 2.45) is 5.92 Å². The van der Waals surface area contributed by atoms with E-state index < -0.39 is 17.7 Å². The minimum absolute atomic E-state index is 0.193. The number of carbonyl (C=O) groups excluding carboxylic acids is 2. The number of benzene rings is 1. The standard InChI is InChI=1S/C19H19NO3S/c1-11(2)17(21)15-16(14-8-5-9-24-14)20(19(23)18(15)22)13-7-4-6-12(3)10-13/h4-11,16,22H,1-3H3. The number of aliphatic hydroxyl groups excluding tert-OH is 1. The maximum absolute atomic E-state index is 12.7. The molecule has 1 aromatic carbocycles. The Balaban J connectivity index is 2.17. The Bertz CT molecular complexity index is 821. The van der Waals surface area contributed by atoms with Crippen LogP contribution in [0, 0.1) is 12.8 Å². The number of hydrogen-bond donors (Lipinski definition) is 1. The number of nitrogens with zero attached hydrogens (tertiary/aromatic N) is 1. The largest absolute Gasteiger partial charge is 0.503 e. The molecule has 4 nitrogen and oxygen atoms in total. The molecule has 0 saturated carbocycles. The Morgan fingerprint density at radius 1 is 1.25 bits per heavy atom. The summed E-state index contributed by atoms with van der Waals surface area (Å²) in [5.41, 5.74) is 1.88. The number of aryl methyl sites for hydroxylation is 1. The van der Waals surface area contributed by atoms with Crippen LogP contribution in [-0.2, 0) is 9.59 Å². The van der Waals surface area contributed by atoms with Crippen molar-refractivity contribution >= 4 is 28.7 Å². The Labute approximate surface area is 145 Å². The molecular weight excluding hydrogens is 322 g/mol. The second kappa shape index (κ2) is 6.24. The first-order valence-corrected chi connectivity index (χ1v) is 8.70. The lowest BCUT2D eigenvalue weighted by atomic mass is 9.94. The van der Waals surface area contributed by atoms with Crippen LogP contribution in [0.4, 0.5) is 5.69 Å². The number of carbonyl (C=O) groups is 2. The SMILES string of the molecule is Cc1cccc(N2C(=O)C(O)=C(C(=O)C(C)C)C2c2cccs2)c1. The molecule has 0 saturated heterocycles. The molecule has 1 unspecified atom stereocenters. The van der Waals surface area contributed by atoms with E-state index in [1.54, 1.807) is 13.8 Å². The maximum Gasteiger partial charge on any atom is 0.294 e. The highest BCUT2D eigenvalue weighted by molar-refractivity contribution is 7.10. The van der Waals surface area contributed by atoms with Crippen molar-refractivity contribution in [1.82, 2.24) is 0 Å². The highest BCUT2D eigenvalue weighted by Gasteiger charge is 2.45. The van der Waals surface area contributed by atoms with Gasteiger partial charge in [0, 0.05) is 16.5 Å². The number of aliphatic hydroxyl groups is 1. The number of Topliss-reactive ketones (excluding diaryl/α,β-unsaturated/α-hetero) is 1. The predicted molar refractivity (Wildman–Crippen MR) is 95.2 cm³/mol. The van der Waals surface area contributed by atoms with E-state index in [9.17, 15) is 14.7 Å². The number of rotatable bonds is 4. The summed E-state index contributed by atoms with van der Waals surface area (Å²) >= 11 is 1.47. The molecule has 1 aliphatic heterocycles. The third-order valence-corrected chi connectivity index (χ3v) is 5.02. The van der Waals surface area contributed by atoms with Crippen LogP contribution in [0.5, 0.6) is 0 Å². The van der Waals surface area contributed by atoms with E-state index in [4.69, 9.17) is 0 Å². The van der Waals surface area contributed by atoms with E-state index >= 15 is 0 Å². The average molecular weight is 341 g/mol. The lowest BCUT2D eigenvalue weighted by Gasteiger charge is -2.26.